The van der Waals surface area contributed by atoms with Crippen molar-refractivity contribution in [3.8, 4) is 5.75 Å². The summed E-state index contributed by atoms with van der Waals surface area (Å²) in [5.41, 5.74) is 1.21. The summed E-state index contributed by atoms with van der Waals surface area (Å²) in [6, 6.07) is 5.06. The van der Waals surface area contributed by atoms with Gasteiger partial charge >= 0.3 is 0 Å². The first-order valence-corrected chi connectivity index (χ1v) is 7.41. The Kier molecular flexibility index (Phi) is 5.01. The quantitative estimate of drug-likeness (QED) is 0.886. The molecule has 2 N–H and O–H groups in total. The molecule has 1 aliphatic heterocycles. The molecule has 1 aromatic rings. The van der Waals surface area contributed by atoms with Crippen molar-refractivity contribution < 1.29 is 9.90 Å². The molecule has 20 heavy (non-hydrogen) atoms. The Bertz CT molecular complexity index is 466. The minimum atomic E-state index is -0.0867. The van der Waals surface area contributed by atoms with Gasteiger partial charge in [-0.2, -0.15) is 0 Å². The van der Waals surface area contributed by atoms with Gasteiger partial charge in [0.1, 0.15) is 5.75 Å². The number of amides is 1. The van der Waals surface area contributed by atoms with E-state index in [-0.39, 0.29) is 11.7 Å². The van der Waals surface area contributed by atoms with Gasteiger partial charge in [0, 0.05) is 17.7 Å². The molecule has 1 fully saturated rings. The molecule has 0 spiro atoms. The number of hydrogen-bond acceptors (Lipinski definition) is 3. The number of nitrogens with one attached hydrogen (secondary N) is 1. The molecule has 110 valence electrons. The van der Waals surface area contributed by atoms with Crippen molar-refractivity contribution in [1.82, 2.24) is 10.2 Å². The predicted molar refractivity (Wildman–Crippen MR) is 80.0 cm³/mol. The Labute approximate surface area is 120 Å². The van der Waals surface area contributed by atoms with Crippen molar-refractivity contribution in [3.63, 3.8) is 0 Å². The maximum Gasteiger partial charge on any atom is 0.251 e. The number of hydrogen-bond donors (Lipinski definition) is 2. The van der Waals surface area contributed by atoms with Crippen LogP contribution in [0.15, 0.2) is 18.2 Å². The average Bonchev–Trinajstić information content (AvgIpc) is 2.48. The van der Waals surface area contributed by atoms with Crippen LogP contribution in [-0.4, -0.2) is 42.1 Å². The third-order valence-corrected chi connectivity index (χ3v) is 4.26. The van der Waals surface area contributed by atoms with Gasteiger partial charge in [0.15, 0.2) is 0 Å². The Morgan fingerprint density at radius 3 is 2.75 bits per heavy atom. The first kappa shape index (κ1) is 14.9. The molecular weight excluding hydrogens is 252 g/mol. The Morgan fingerprint density at radius 2 is 2.10 bits per heavy atom. The summed E-state index contributed by atoms with van der Waals surface area (Å²) in [5, 5.41) is 12.6. The first-order valence-electron chi connectivity index (χ1n) is 7.41. The third-order valence-electron chi connectivity index (χ3n) is 4.26. The number of piperidine rings is 1. The SMILES string of the molecule is CCN1CCC(CNC(=O)c2cccc(O)c2C)CC1. The fourth-order valence-electron chi connectivity index (χ4n) is 2.71. The lowest BCUT2D eigenvalue weighted by atomic mass is 9.96. The number of phenols is 1. The van der Waals surface area contributed by atoms with Crippen LogP contribution in [0.3, 0.4) is 0 Å². The van der Waals surface area contributed by atoms with Crippen LogP contribution in [0, 0.1) is 12.8 Å². The largest absolute Gasteiger partial charge is 0.508 e. The number of aromatic hydroxyl groups is 1. The van der Waals surface area contributed by atoms with E-state index in [4.69, 9.17) is 0 Å². The monoisotopic (exact) mass is 276 g/mol. The third kappa shape index (κ3) is 3.51. The van der Waals surface area contributed by atoms with Crippen molar-refractivity contribution in [1.29, 1.82) is 0 Å². The topological polar surface area (TPSA) is 52.6 Å². The van der Waals surface area contributed by atoms with Crippen molar-refractivity contribution in [3.05, 3.63) is 29.3 Å². The molecule has 0 unspecified atom stereocenters. The molecule has 1 aromatic carbocycles. The van der Waals surface area contributed by atoms with Gasteiger partial charge in [0.2, 0.25) is 0 Å². The zero-order valence-corrected chi connectivity index (χ0v) is 12.4. The van der Waals surface area contributed by atoms with Gasteiger partial charge < -0.3 is 15.3 Å². The first-order chi connectivity index (χ1) is 9.61. The van der Waals surface area contributed by atoms with Gasteiger partial charge in [-0.25, -0.2) is 0 Å². The molecule has 4 heteroatoms. The fourth-order valence-corrected chi connectivity index (χ4v) is 2.71. The molecule has 2 rings (SSSR count). The van der Waals surface area contributed by atoms with Crippen LogP contribution in [0.25, 0.3) is 0 Å². The van der Waals surface area contributed by atoms with E-state index in [9.17, 15) is 9.90 Å². The Morgan fingerprint density at radius 1 is 1.40 bits per heavy atom. The summed E-state index contributed by atoms with van der Waals surface area (Å²) < 4.78 is 0. The summed E-state index contributed by atoms with van der Waals surface area (Å²) in [6.07, 6.45) is 2.29. The van der Waals surface area contributed by atoms with Crippen LogP contribution in [0.1, 0.15) is 35.7 Å². The number of carbonyl (C=O) groups excluding carboxylic acids is 1. The predicted octanol–water partition coefficient (Wildman–Crippen LogP) is 2.16. The molecule has 0 aromatic heterocycles. The van der Waals surface area contributed by atoms with E-state index in [1.807, 2.05) is 0 Å². The zero-order valence-electron chi connectivity index (χ0n) is 12.4. The molecule has 1 aliphatic rings. The molecule has 1 amide bonds. The summed E-state index contributed by atoms with van der Waals surface area (Å²) in [5.74, 6) is 0.657. The van der Waals surface area contributed by atoms with Crippen LogP contribution in [-0.2, 0) is 0 Å². The summed E-state index contributed by atoms with van der Waals surface area (Å²) >= 11 is 0. The standard InChI is InChI=1S/C16H24N2O2/c1-3-18-9-7-13(8-10-18)11-17-16(20)14-5-4-6-15(19)12(14)2/h4-6,13,19H,3,7-11H2,1-2H3,(H,17,20). The minimum absolute atomic E-state index is 0.0867. The second kappa shape index (κ2) is 6.75. The number of benzene rings is 1. The maximum atomic E-state index is 12.1. The van der Waals surface area contributed by atoms with Crippen molar-refractivity contribution >= 4 is 5.91 Å². The second-order valence-corrected chi connectivity index (χ2v) is 5.54. The maximum absolute atomic E-state index is 12.1. The highest BCUT2D eigenvalue weighted by atomic mass is 16.3. The normalized spacial score (nSPS) is 17.1. The lowest BCUT2D eigenvalue weighted by Gasteiger charge is -2.31. The van der Waals surface area contributed by atoms with Gasteiger partial charge in [-0.05, 0) is 57.5 Å². The van der Waals surface area contributed by atoms with Crippen molar-refractivity contribution in [2.45, 2.75) is 26.7 Å². The molecule has 4 nitrogen and oxygen atoms in total. The van der Waals surface area contributed by atoms with Crippen molar-refractivity contribution in [2.75, 3.05) is 26.2 Å². The van der Waals surface area contributed by atoms with Gasteiger partial charge in [-0.1, -0.05) is 13.0 Å². The zero-order chi connectivity index (χ0) is 14.5. The van der Waals surface area contributed by atoms with E-state index in [0.29, 0.717) is 17.0 Å². The number of phenolic OH excluding ortho intramolecular Hbond substituents is 1. The molecular formula is C16H24N2O2. The van der Waals surface area contributed by atoms with Crippen LogP contribution in [0.2, 0.25) is 0 Å². The van der Waals surface area contributed by atoms with E-state index in [1.54, 1.807) is 25.1 Å². The Hall–Kier alpha value is -1.55. The van der Waals surface area contributed by atoms with E-state index in [0.717, 1.165) is 39.0 Å². The molecule has 0 aliphatic carbocycles. The smallest absolute Gasteiger partial charge is 0.251 e. The van der Waals surface area contributed by atoms with E-state index in [1.165, 1.54) is 0 Å². The summed E-state index contributed by atoms with van der Waals surface area (Å²) in [7, 11) is 0. The van der Waals surface area contributed by atoms with Crippen LogP contribution >= 0.6 is 0 Å². The van der Waals surface area contributed by atoms with E-state index < -0.39 is 0 Å². The van der Waals surface area contributed by atoms with Gasteiger partial charge in [0.05, 0.1) is 0 Å². The number of nitrogens with zero attached hydrogens (tertiary/aromatic N) is 1. The summed E-state index contributed by atoms with van der Waals surface area (Å²) in [4.78, 5) is 14.6. The molecule has 0 atom stereocenters. The van der Waals surface area contributed by atoms with Crippen LogP contribution in [0.5, 0.6) is 5.75 Å². The second-order valence-electron chi connectivity index (χ2n) is 5.54. The van der Waals surface area contributed by atoms with Gasteiger partial charge in [-0.15, -0.1) is 0 Å². The van der Waals surface area contributed by atoms with Crippen LogP contribution < -0.4 is 5.32 Å². The highest BCUT2D eigenvalue weighted by Crippen LogP contribution is 2.20. The summed E-state index contributed by atoms with van der Waals surface area (Å²) in [6.45, 7) is 8.05. The molecule has 0 radical (unpaired) electrons. The molecule has 1 saturated heterocycles. The average molecular weight is 276 g/mol. The Balaban J connectivity index is 1.85. The van der Waals surface area contributed by atoms with E-state index >= 15 is 0 Å². The van der Waals surface area contributed by atoms with Gasteiger partial charge in [-0.3, -0.25) is 4.79 Å². The number of rotatable bonds is 4. The highest BCUT2D eigenvalue weighted by molar-refractivity contribution is 5.96. The van der Waals surface area contributed by atoms with Crippen LogP contribution in [0.4, 0.5) is 0 Å². The number of likely N-dealkylation sites (tertiary alicyclic amines) is 1. The van der Waals surface area contributed by atoms with Crippen molar-refractivity contribution in [2.24, 2.45) is 5.92 Å². The fraction of sp³-hybridized carbons (Fsp3) is 0.562. The minimum Gasteiger partial charge on any atom is -0.508 e. The molecule has 0 saturated carbocycles. The lowest BCUT2D eigenvalue weighted by molar-refractivity contribution is 0.0936. The number of carbonyl (C=O) groups is 1. The molecule has 0 bridgehead atoms. The highest BCUT2D eigenvalue weighted by Gasteiger charge is 2.19. The van der Waals surface area contributed by atoms with E-state index in [2.05, 4.69) is 17.1 Å². The lowest BCUT2D eigenvalue weighted by Crippen LogP contribution is -2.38. The van der Waals surface area contributed by atoms with Gasteiger partial charge in [0.25, 0.3) is 5.91 Å². The molecule has 1 heterocycles.